The first-order valence-corrected chi connectivity index (χ1v) is 8.78. The van der Waals surface area contributed by atoms with E-state index >= 15 is 0 Å². The summed E-state index contributed by atoms with van der Waals surface area (Å²) < 4.78 is 0. The summed E-state index contributed by atoms with van der Waals surface area (Å²) in [4.78, 5) is 2.60. The second kappa shape index (κ2) is 6.76. The van der Waals surface area contributed by atoms with Gasteiger partial charge in [-0.3, -0.25) is 4.90 Å². The minimum atomic E-state index is 0.517. The van der Waals surface area contributed by atoms with Crippen molar-refractivity contribution in [1.29, 1.82) is 0 Å². The van der Waals surface area contributed by atoms with E-state index in [2.05, 4.69) is 81.5 Å². The summed E-state index contributed by atoms with van der Waals surface area (Å²) in [5.41, 5.74) is 3.32. The Labute approximate surface area is 136 Å². The van der Waals surface area contributed by atoms with E-state index in [0.29, 0.717) is 5.41 Å². The van der Waals surface area contributed by atoms with E-state index in [9.17, 15) is 0 Å². The van der Waals surface area contributed by atoms with Crippen LogP contribution in [0.5, 0.6) is 0 Å². The van der Waals surface area contributed by atoms with Crippen LogP contribution >= 0.6 is 15.9 Å². The third-order valence-corrected chi connectivity index (χ3v) is 5.49. The number of nitrogens with zero attached hydrogens (tertiary/aromatic N) is 1. The van der Waals surface area contributed by atoms with Crippen LogP contribution in [0.3, 0.4) is 0 Å². The van der Waals surface area contributed by atoms with Crippen molar-refractivity contribution in [3.05, 3.63) is 71.8 Å². The van der Waals surface area contributed by atoms with E-state index < -0.39 is 0 Å². The smallest absolute Gasteiger partial charge is 0.0237 e. The molecular weight excluding hydrogens is 322 g/mol. The fourth-order valence-electron chi connectivity index (χ4n) is 2.84. The number of halogens is 1. The van der Waals surface area contributed by atoms with E-state index in [1.54, 1.807) is 0 Å². The number of hydrogen-bond acceptors (Lipinski definition) is 1. The van der Waals surface area contributed by atoms with Crippen LogP contribution in [0, 0.1) is 5.41 Å². The van der Waals surface area contributed by atoms with E-state index in [1.807, 2.05) is 0 Å². The molecule has 1 nitrogen and oxygen atoms in total. The molecule has 1 saturated carbocycles. The lowest BCUT2D eigenvalue weighted by atomic mass is 10.1. The Bertz CT molecular complexity index is 507. The maximum absolute atomic E-state index is 3.71. The molecule has 0 spiro atoms. The summed E-state index contributed by atoms with van der Waals surface area (Å²) >= 11 is 3.71. The number of alkyl halides is 1. The third-order valence-electron chi connectivity index (χ3n) is 4.30. The van der Waals surface area contributed by atoms with Gasteiger partial charge in [0, 0.05) is 25.0 Å². The van der Waals surface area contributed by atoms with Crippen molar-refractivity contribution >= 4 is 15.9 Å². The van der Waals surface area contributed by atoms with Crippen LogP contribution in [-0.2, 0) is 13.1 Å². The third kappa shape index (κ3) is 4.18. The standard InChI is InChI=1S/C19H22BrN/c20-15-19(11-12-19)16-21(13-17-7-3-1-4-8-17)14-18-9-5-2-6-10-18/h1-10H,11-16H2. The molecule has 1 fully saturated rings. The van der Waals surface area contributed by atoms with Crippen LogP contribution in [0.1, 0.15) is 24.0 Å². The monoisotopic (exact) mass is 343 g/mol. The van der Waals surface area contributed by atoms with Crippen LogP contribution in [-0.4, -0.2) is 16.8 Å². The highest BCUT2D eigenvalue weighted by atomic mass is 79.9. The Morgan fingerprint density at radius 2 is 1.29 bits per heavy atom. The maximum atomic E-state index is 3.71. The van der Waals surface area contributed by atoms with Gasteiger partial charge in [-0.05, 0) is 29.4 Å². The summed E-state index contributed by atoms with van der Waals surface area (Å²) in [7, 11) is 0. The molecule has 0 bridgehead atoms. The van der Waals surface area contributed by atoms with Gasteiger partial charge in [0.1, 0.15) is 0 Å². The van der Waals surface area contributed by atoms with E-state index in [1.165, 1.54) is 30.5 Å². The van der Waals surface area contributed by atoms with Crippen LogP contribution in [0.25, 0.3) is 0 Å². The second-order valence-corrected chi connectivity index (χ2v) is 6.81. The summed E-state index contributed by atoms with van der Waals surface area (Å²) in [6.45, 7) is 3.25. The van der Waals surface area contributed by atoms with Gasteiger partial charge in [-0.2, -0.15) is 0 Å². The minimum absolute atomic E-state index is 0.517. The van der Waals surface area contributed by atoms with Gasteiger partial charge >= 0.3 is 0 Å². The quantitative estimate of drug-likeness (QED) is 0.648. The second-order valence-electron chi connectivity index (χ2n) is 6.25. The van der Waals surface area contributed by atoms with E-state index in [4.69, 9.17) is 0 Å². The summed E-state index contributed by atoms with van der Waals surface area (Å²) in [6.07, 6.45) is 2.72. The Kier molecular flexibility index (Phi) is 4.77. The lowest BCUT2D eigenvalue weighted by molar-refractivity contribution is 0.214. The van der Waals surface area contributed by atoms with Gasteiger partial charge in [0.2, 0.25) is 0 Å². The molecule has 0 radical (unpaired) electrons. The molecular formula is C19H22BrN. The largest absolute Gasteiger partial charge is 0.294 e. The summed E-state index contributed by atoms with van der Waals surface area (Å²) in [5.74, 6) is 0. The molecule has 0 heterocycles. The average Bonchev–Trinajstić information content (AvgIpc) is 3.29. The summed E-state index contributed by atoms with van der Waals surface area (Å²) in [6, 6.07) is 21.6. The van der Waals surface area contributed by atoms with Crippen LogP contribution < -0.4 is 0 Å². The molecule has 2 aromatic carbocycles. The Hall–Kier alpha value is -1.12. The van der Waals surface area contributed by atoms with E-state index in [0.717, 1.165) is 18.4 Å². The molecule has 2 aromatic rings. The van der Waals surface area contributed by atoms with Crippen molar-refractivity contribution in [3.63, 3.8) is 0 Å². The van der Waals surface area contributed by atoms with E-state index in [-0.39, 0.29) is 0 Å². The maximum Gasteiger partial charge on any atom is 0.0237 e. The highest BCUT2D eigenvalue weighted by molar-refractivity contribution is 9.09. The first-order valence-electron chi connectivity index (χ1n) is 7.66. The zero-order chi connectivity index (χ0) is 14.5. The molecule has 0 unspecified atom stereocenters. The highest BCUT2D eigenvalue weighted by Gasteiger charge is 2.42. The zero-order valence-corrected chi connectivity index (χ0v) is 13.9. The van der Waals surface area contributed by atoms with Gasteiger partial charge in [0.15, 0.2) is 0 Å². The lowest BCUT2D eigenvalue weighted by Crippen LogP contribution is -2.30. The van der Waals surface area contributed by atoms with Crippen LogP contribution in [0.2, 0.25) is 0 Å². The molecule has 0 aliphatic heterocycles. The lowest BCUT2D eigenvalue weighted by Gasteiger charge is -2.27. The SMILES string of the molecule is BrCC1(CN(Cc2ccccc2)Cc2ccccc2)CC1. The van der Waals surface area contributed by atoms with Gasteiger partial charge < -0.3 is 0 Å². The summed E-state index contributed by atoms with van der Waals surface area (Å²) in [5, 5.41) is 1.13. The average molecular weight is 344 g/mol. The molecule has 0 saturated heterocycles. The topological polar surface area (TPSA) is 3.24 Å². The fraction of sp³-hybridized carbons (Fsp3) is 0.368. The first kappa shape index (κ1) is 14.8. The highest BCUT2D eigenvalue weighted by Crippen LogP contribution is 2.47. The fourth-order valence-corrected chi connectivity index (χ4v) is 3.57. The molecule has 2 heteroatoms. The van der Waals surface area contributed by atoms with Crippen molar-refractivity contribution in [3.8, 4) is 0 Å². The molecule has 110 valence electrons. The van der Waals surface area contributed by atoms with Crippen molar-refractivity contribution in [2.45, 2.75) is 25.9 Å². The molecule has 0 amide bonds. The van der Waals surface area contributed by atoms with Gasteiger partial charge in [0.25, 0.3) is 0 Å². The minimum Gasteiger partial charge on any atom is -0.294 e. The van der Waals surface area contributed by atoms with Gasteiger partial charge in [-0.25, -0.2) is 0 Å². The van der Waals surface area contributed by atoms with Crippen molar-refractivity contribution in [2.75, 3.05) is 11.9 Å². The molecule has 0 N–H and O–H groups in total. The predicted octanol–water partition coefficient (Wildman–Crippen LogP) is 4.86. The van der Waals surface area contributed by atoms with Gasteiger partial charge in [-0.15, -0.1) is 0 Å². The van der Waals surface area contributed by atoms with Crippen molar-refractivity contribution in [1.82, 2.24) is 4.90 Å². The first-order chi connectivity index (χ1) is 10.3. The molecule has 0 aromatic heterocycles. The Morgan fingerprint density at radius 3 is 1.67 bits per heavy atom. The van der Waals surface area contributed by atoms with Crippen molar-refractivity contribution in [2.24, 2.45) is 5.41 Å². The number of benzene rings is 2. The Morgan fingerprint density at radius 1 is 0.810 bits per heavy atom. The molecule has 0 atom stereocenters. The molecule has 21 heavy (non-hydrogen) atoms. The number of rotatable bonds is 7. The zero-order valence-electron chi connectivity index (χ0n) is 12.3. The normalized spacial score (nSPS) is 16.1. The van der Waals surface area contributed by atoms with Crippen LogP contribution in [0.15, 0.2) is 60.7 Å². The number of hydrogen-bond donors (Lipinski definition) is 0. The van der Waals surface area contributed by atoms with Gasteiger partial charge in [0.05, 0.1) is 0 Å². The Balaban J connectivity index is 1.71. The molecule has 1 aliphatic carbocycles. The van der Waals surface area contributed by atoms with Gasteiger partial charge in [-0.1, -0.05) is 76.6 Å². The predicted molar refractivity (Wildman–Crippen MR) is 92.5 cm³/mol. The molecule has 3 rings (SSSR count). The van der Waals surface area contributed by atoms with Crippen molar-refractivity contribution < 1.29 is 0 Å². The molecule has 1 aliphatic rings. The van der Waals surface area contributed by atoms with Crippen LogP contribution in [0.4, 0.5) is 0 Å².